The fourth-order valence-corrected chi connectivity index (χ4v) is 4.33. The highest BCUT2D eigenvalue weighted by Gasteiger charge is 2.19. The maximum absolute atomic E-state index is 10.3. The van der Waals surface area contributed by atoms with Gasteiger partial charge in [0.1, 0.15) is 50.0 Å². The van der Waals surface area contributed by atoms with Crippen LogP contribution in [0.4, 0.5) is 0 Å². The first-order valence-electron chi connectivity index (χ1n) is 11.1. The van der Waals surface area contributed by atoms with E-state index >= 15 is 0 Å². The van der Waals surface area contributed by atoms with E-state index in [4.69, 9.17) is 9.47 Å². The summed E-state index contributed by atoms with van der Waals surface area (Å²) in [5.74, 6) is 1.39. The lowest BCUT2D eigenvalue weighted by atomic mass is 10.1. The monoisotopic (exact) mass is 394 g/mol. The molecule has 4 N–H and O–H groups in total. The molecule has 2 saturated heterocycles. The number of hydrogen-bond donors (Lipinski definition) is 4. The number of aliphatic hydroxyl groups excluding tert-OH is 2. The van der Waals surface area contributed by atoms with Crippen LogP contribution >= 0.6 is 0 Å². The number of benzene rings is 1. The first-order valence-corrected chi connectivity index (χ1v) is 11.1. The van der Waals surface area contributed by atoms with Crippen LogP contribution < -0.4 is 19.3 Å². The number of piperidine rings is 2. The molecule has 6 heteroatoms. The Hall–Kier alpha value is -1.34. The molecule has 158 valence electrons. The Morgan fingerprint density at radius 1 is 0.714 bits per heavy atom. The summed E-state index contributed by atoms with van der Waals surface area (Å²) in [6.45, 7) is 6.72. The zero-order valence-corrected chi connectivity index (χ0v) is 17.1. The summed E-state index contributed by atoms with van der Waals surface area (Å²) >= 11 is 0. The molecule has 0 amide bonds. The largest absolute Gasteiger partial charge is 0.491 e. The molecule has 0 aromatic heterocycles. The lowest BCUT2D eigenvalue weighted by molar-refractivity contribution is -0.908. The molecule has 2 aliphatic rings. The van der Waals surface area contributed by atoms with Gasteiger partial charge in [-0.15, -0.1) is 0 Å². The van der Waals surface area contributed by atoms with E-state index < -0.39 is 12.2 Å². The first-order chi connectivity index (χ1) is 13.7. The summed E-state index contributed by atoms with van der Waals surface area (Å²) in [6, 6.07) is 7.47. The molecule has 2 atom stereocenters. The van der Waals surface area contributed by atoms with Crippen LogP contribution in [-0.4, -0.2) is 74.9 Å². The van der Waals surface area contributed by atoms with Gasteiger partial charge in [0.25, 0.3) is 0 Å². The van der Waals surface area contributed by atoms with Gasteiger partial charge >= 0.3 is 0 Å². The van der Waals surface area contributed by atoms with Gasteiger partial charge in [0.2, 0.25) is 0 Å². The number of nitrogens with one attached hydrogen (secondary N) is 2. The van der Waals surface area contributed by atoms with Crippen LogP contribution in [0.25, 0.3) is 0 Å². The maximum Gasteiger partial charge on any atom is 0.137 e. The first kappa shape index (κ1) is 21.4. The molecular weight excluding hydrogens is 356 g/mol. The van der Waals surface area contributed by atoms with E-state index in [9.17, 15) is 10.2 Å². The van der Waals surface area contributed by atoms with Crippen molar-refractivity contribution in [3.8, 4) is 11.5 Å². The second-order valence-corrected chi connectivity index (χ2v) is 8.43. The second-order valence-electron chi connectivity index (χ2n) is 8.43. The smallest absolute Gasteiger partial charge is 0.137 e. The molecule has 2 fully saturated rings. The van der Waals surface area contributed by atoms with E-state index in [-0.39, 0.29) is 0 Å². The van der Waals surface area contributed by atoms with Gasteiger partial charge in [0, 0.05) is 6.07 Å². The van der Waals surface area contributed by atoms with Gasteiger partial charge < -0.3 is 29.5 Å². The molecule has 3 rings (SSSR count). The summed E-state index contributed by atoms with van der Waals surface area (Å²) in [7, 11) is 0. The summed E-state index contributed by atoms with van der Waals surface area (Å²) in [5, 5.41) is 20.5. The molecule has 0 radical (unpaired) electrons. The van der Waals surface area contributed by atoms with Crippen LogP contribution in [0.1, 0.15) is 38.5 Å². The Balaban J connectivity index is 1.36. The lowest BCUT2D eigenvalue weighted by Crippen LogP contribution is -3.14. The van der Waals surface area contributed by atoms with Crippen LogP contribution in [0.3, 0.4) is 0 Å². The quantitative estimate of drug-likeness (QED) is 0.424. The Morgan fingerprint density at radius 2 is 1.14 bits per heavy atom. The number of aliphatic hydroxyl groups is 2. The number of hydrogen-bond acceptors (Lipinski definition) is 4. The molecule has 0 aliphatic carbocycles. The number of rotatable bonds is 10. The fourth-order valence-electron chi connectivity index (χ4n) is 4.33. The fraction of sp³-hybridized carbons (Fsp3) is 0.727. The average molecular weight is 395 g/mol. The standard InChI is InChI=1S/C22H36N2O4/c25-19(15-23-10-3-1-4-11-23)17-27-21-8-7-9-22(14-21)28-18-20(26)16-24-12-5-2-6-13-24/h7-9,14,19-20,25-26H,1-6,10-13,15-18H2/p+2/t19-,20+. The number of quaternary nitrogens is 2. The van der Waals surface area contributed by atoms with Crippen molar-refractivity contribution < 1.29 is 29.5 Å². The Kier molecular flexibility index (Phi) is 8.86. The highest BCUT2D eigenvalue weighted by molar-refractivity contribution is 5.32. The van der Waals surface area contributed by atoms with Gasteiger partial charge in [-0.1, -0.05) is 6.07 Å². The third-order valence-corrected chi connectivity index (χ3v) is 5.86. The number of likely N-dealkylation sites (tertiary alicyclic amines) is 2. The Morgan fingerprint density at radius 3 is 1.57 bits per heavy atom. The minimum Gasteiger partial charge on any atom is -0.491 e. The third-order valence-electron chi connectivity index (χ3n) is 5.86. The van der Waals surface area contributed by atoms with Crippen molar-refractivity contribution in [2.75, 3.05) is 52.5 Å². The zero-order chi connectivity index (χ0) is 19.6. The second kappa shape index (κ2) is 11.6. The van der Waals surface area contributed by atoms with Crippen LogP contribution in [0.15, 0.2) is 24.3 Å². The van der Waals surface area contributed by atoms with E-state index in [1.807, 2.05) is 24.3 Å². The Labute approximate surface area is 169 Å². The van der Waals surface area contributed by atoms with E-state index in [2.05, 4.69) is 0 Å². The summed E-state index contributed by atoms with van der Waals surface area (Å²) in [4.78, 5) is 2.95. The van der Waals surface area contributed by atoms with Crippen LogP contribution in [0.5, 0.6) is 11.5 Å². The van der Waals surface area contributed by atoms with Gasteiger partial charge in [-0.25, -0.2) is 0 Å². The molecule has 1 aromatic carbocycles. The molecule has 0 saturated carbocycles. The summed E-state index contributed by atoms with van der Waals surface area (Å²) in [6.07, 6.45) is 6.76. The molecule has 0 unspecified atom stereocenters. The van der Waals surface area contributed by atoms with Gasteiger partial charge in [-0.05, 0) is 50.7 Å². The highest BCUT2D eigenvalue weighted by Crippen LogP contribution is 2.19. The molecule has 0 bridgehead atoms. The van der Waals surface area contributed by atoms with Crippen molar-refractivity contribution in [2.24, 2.45) is 0 Å². The van der Waals surface area contributed by atoms with E-state index in [0.29, 0.717) is 24.7 Å². The van der Waals surface area contributed by atoms with E-state index in [0.717, 1.165) is 39.3 Å². The molecule has 6 nitrogen and oxygen atoms in total. The van der Waals surface area contributed by atoms with Crippen molar-refractivity contribution >= 4 is 0 Å². The summed E-state index contributed by atoms with van der Waals surface area (Å²) in [5.41, 5.74) is 0. The van der Waals surface area contributed by atoms with Crippen LogP contribution in [-0.2, 0) is 0 Å². The molecule has 2 aliphatic heterocycles. The molecule has 1 aromatic rings. The molecule has 2 heterocycles. The molecular formula is C22H38N2O4+2. The lowest BCUT2D eigenvalue weighted by Gasteiger charge is -2.26. The average Bonchev–Trinajstić information content (AvgIpc) is 2.73. The summed E-state index contributed by atoms with van der Waals surface area (Å²) < 4.78 is 11.5. The molecule has 28 heavy (non-hydrogen) atoms. The SMILES string of the molecule is O[C@H](COc1cccc(OC[C@H](O)C[NH+]2CCCCC2)c1)C[NH+]1CCCCC1. The number of ether oxygens (including phenoxy) is 2. The predicted octanol–water partition coefficient (Wildman–Crippen LogP) is -0.696. The van der Waals surface area contributed by atoms with Crippen molar-refractivity contribution in [1.29, 1.82) is 0 Å². The van der Waals surface area contributed by atoms with E-state index in [1.54, 1.807) is 0 Å². The third kappa shape index (κ3) is 7.59. The van der Waals surface area contributed by atoms with Crippen molar-refractivity contribution in [2.45, 2.75) is 50.7 Å². The van der Waals surface area contributed by atoms with Gasteiger partial charge in [-0.3, -0.25) is 0 Å². The van der Waals surface area contributed by atoms with Crippen LogP contribution in [0, 0.1) is 0 Å². The Bertz CT molecular complexity index is 514. The van der Waals surface area contributed by atoms with E-state index in [1.165, 1.54) is 48.3 Å². The predicted molar refractivity (Wildman–Crippen MR) is 108 cm³/mol. The normalized spacial score (nSPS) is 21.2. The van der Waals surface area contributed by atoms with Gasteiger partial charge in [-0.2, -0.15) is 0 Å². The van der Waals surface area contributed by atoms with Crippen molar-refractivity contribution in [1.82, 2.24) is 0 Å². The van der Waals surface area contributed by atoms with Gasteiger partial charge in [0.15, 0.2) is 0 Å². The van der Waals surface area contributed by atoms with Crippen molar-refractivity contribution in [3.05, 3.63) is 24.3 Å². The molecule has 0 spiro atoms. The minimum atomic E-state index is -0.452. The minimum absolute atomic E-state index is 0.300. The topological polar surface area (TPSA) is 67.8 Å². The zero-order valence-electron chi connectivity index (χ0n) is 17.1. The van der Waals surface area contributed by atoms with Crippen LogP contribution in [0.2, 0.25) is 0 Å². The van der Waals surface area contributed by atoms with Crippen molar-refractivity contribution in [3.63, 3.8) is 0 Å². The maximum atomic E-state index is 10.3. The highest BCUT2D eigenvalue weighted by atomic mass is 16.5. The van der Waals surface area contributed by atoms with Gasteiger partial charge in [0.05, 0.1) is 26.2 Å².